The number of hydrogen-bond acceptors (Lipinski definition) is 3. The Morgan fingerprint density at radius 1 is 1.38 bits per heavy atom. The van der Waals surface area contributed by atoms with Crippen LogP contribution in [0.4, 0.5) is 5.69 Å². The molecule has 116 valence electrons. The van der Waals surface area contributed by atoms with Gasteiger partial charge in [-0.1, -0.05) is 45.0 Å². The van der Waals surface area contributed by atoms with Crippen molar-refractivity contribution in [1.82, 2.24) is 0 Å². The molecule has 1 aromatic carbocycles. The van der Waals surface area contributed by atoms with Crippen LogP contribution in [0.5, 0.6) is 0 Å². The molecule has 1 aliphatic rings. The van der Waals surface area contributed by atoms with Crippen molar-refractivity contribution < 1.29 is 0 Å². The molecule has 1 fully saturated rings. The molecular formula is C17H26N2S2. The molecule has 2 nitrogen and oxygen atoms in total. The minimum atomic E-state index is 0.511. The summed E-state index contributed by atoms with van der Waals surface area (Å²) in [4.78, 5) is 4.13. The largest absolute Gasteiger partial charge is 0.389 e. The number of thioether (sulfide) groups is 1. The van der Waals surface area contributed by atoms with Crippen LogP contribution >= 0.6 is 24.0 Å². The van der Waals surface area contributed by atoms with E-state index >= 15 is 0 Å². The van der Waals surface area contributed by atoms with Crippen LogP contribution in [0, 0.1) is 5.92 Å². The summed E-state index contributed by atoms with van der Waals surface area (Å²) < 4.78 is 0. The first-order valence-electron chi connectivity index (χ1n) is 7.84. The molecule has 0 heterocycles. The van der Waals surface area contributed by atoms with Crippen LogP contribution in [0.3, 0.4) is 0 Å². The number of hydrogen-bond donors (Lipinski definition) is 1. The van der Waals surface area contributed by atoms with Gasteiger partial charge in [-0.05, 0) is 36.6 Å². The minimum absolute atomic E-state index is 0.511. The van der Waals surface area contributed by atoms with Crippen molar-refractivity contribution in [3.05, 3.63) is 23.8 Å². The molecule has 2 rings (SSSR count). The summed E-state index contributed by atoms with van der Waals surface area (Å²) in [5.74, 6) is 1.76. The van der Waals surface area contributed by atoms with E-state index in [0.29, 0.717) is 11.0 Å². The predicted molar refractivity (Wildman–Crippen MR) is 98.6 cm³/mol. The highest BCUT2D eigenvalue weighted by Gasteiger charge is 2.27. The second-order valence-electron chi connectivity index (χ2n) is 5.89. The molecule has 2 N–H and O–H groups in total. The van der Waals surface area contributed by atoms with E-state index in [4.69, 9.17) is 18.0 Å². The number of benzene rings is 1. The van der Waals surface area contributed by atoms with Crippen LogP contribution in [0.1, 0.15) is 45.1 Å². The summed E-state index contributed by atoms with van der Waals surface area (Å²) in [6.07, 6.45) is 5.27. The van der Waals surface area contributed by atoms with Gasteiger partial charge in [0, 0.05) is 29.2 Å². The lowest BCUT2D eigenvalue weighted by atomic mass is 9.84. The van der Waals surface area contributed by atoms with Crippen LogP contribution in [0.15, 0.2) is 23.1 Å². The first-order chi connectivity index (χ1) is 10.1. The van der Waals surface area contributed by atoms with E-state index in [1.807, 2.05) is 11.8 Å². The van der Waals surface area contributed by atoms with Gasteiger partial charge < -0.3 is 10.6 Å². The molecule has 0 aliphatic heterocycles. The fraction of sp³-hybridized carbons (Fsp3) is 0.588. The normalized spacial score (nSPS) is 22.0. The number of nitrogens with two attached hydrogens (primary N) is 1. The number of thiocarbonyl (C=S) groups is 1. The van der Waals surface area contributed by atoms with E-state index in [-0.39, 0.29) is 0 Å². The van der Waals surface area contributed by atoms with Gasteiger partial charge in [0.2, 0.25) is 0 Å². The van der Waals surface area contributed by atoms with E-state index < -0.39 is 0 Å². The Morgan fingerprint density at radius 2 is 2.10 bits per heavy atom. The highest BCUT2D eigenvalue weighted by atomic mass is 32.2. The molecule has 0 bridgehead atoms. The quantitative estimate of drug-likeness (QED) is 0.641. The molecule has 0 radical (unpaired) electrons. The topological polar surface area (TPSA) is 29.3 Å². The van der Waals surface area contributed by atoms with Crippen molar-refractivity contribution in [1.29, 1.82) is 0 Å². The molecular weight excluding hydrogens is 296 g/mol. The Balaban J connectivity index is 2.37. The van der Waals surface area contributed by atoms with Gasteiger partial charge in [-0.3, -0.25) is 0 Å². The molecule has 4 heteroatoms. The van der Waals surface area contributed by atoms with Gasteiger partial charge in [-0.25, -0.2) is 0 Å². The second-order valence-corrected chi connectivity index (χ2v) is 7.63. The SMILES string of the molecule is CCSc1cccc(N(C)C2CCCCC2C)c1C(N)=S. The van der Waals surface area contributed by atoms with Crippen molar-refractivity contribution in [2.45, 2.75) is 50.5 Å². The lowest BCUT2D eigenvalue weighted by molar-refractivity contribution is 0.321. The van der Waals surface area contributed by atoms with Crippen molar-refractivity contribution >= 4 is 34.7 Å². The van der Waals surface area contributed by atoms with Gasteiger partial charge in [0.15, 0.2) is 0 Å². The second kappa shape index (κ2) is 7.50. The molecule has 0 amide bonds. The standard InChI is InChI=1S/C17H26N2S2/c1-4-21-15-11-7-10-14(16(15)17(18)20)19(3)13-9-6-5-8-12(13)2/h7,10-13H,4-6,8-9H2,1-3H3,(H2,18,20). The number of rotatable bonds is 5. The molecule has 1 aromatic rings. The summed E-state index contributed by atoms with van der Waals surface area (Å²) in [5, 5.41) is 0. The van der Waals surface area contributed by atoms with Crippen LogP contribution in [-0.2, 0) is 0 Å². The highest BCUT2D eigenvalue weighted by molar-refractivity contribution is 7.99. The van der Waals surface area contributed by atoms with Crippen molar-refractivity contribution in [2.24, 2.45) is 11.7 Å². The molecule has 1 saturated carbocycles. The Hall–Kier alpha value is -0.740. The molecule has 2 unspecified atom stereocenters. The smallest absolute Gasteiger partial charge is 0.107 e. The van der Waals surface area contributed by atoms with E-state index in [9.17, 15) is 0 Å². The van der Waals surface area contributed by atoms with Crippen LogP contribution in [0.2, 0.25) is 0 Å². The van der Waals surface area contributed by atoms with E-state index in [0.717, 1.165) is 17.2 Å². The summed E-state index contributed by atoms with van der Waals surface area (Å²) in [7, 11) is 2.20. The van der Waals surface area contributed by atoms with Crippen molar-refractivity contribution in [2.75, 3.05) is 17.7 Å². The Labute approximate surface area is 138 Å². The third-order valence-corrected chi connectivity index (χ3v) is 5.64. The van der Waals surface area contributed by atoms with Gasteiger partial charge >= 0.3 is 0 Å². The molecule has 1 aliphatic carbocycles. The third-order valence-electron chi connectivity index (χ3n) is 4.49. The van der Waals surface area contributed by atoms with Crippen LogP contribution in [0.25, 0.3) is 0 Å². The van der Waals surface area contributed by atoms with Crippen LogP contribution in [-0.4, -0.2) is 23.8 Å². The van der Waals surface area contributed by atoms with Crippen molar-refractivity contribution in [3.8, 4) is 0 Å². The minimum Gasteiger partial charge on any atom is -0.389 e. The van der Waals surface area contributed by atoms with E-state index in [2.05, 4.69) is 44.0 Å². The van der Waals surface area contributed by atoms with E-state index in [1.165, 1.54) is 36.3 Å². The van der Waals surface area contributed by atoms with Gasteiger partial charge in [0.25, 0.3) is 0 Å². The predicted octanol–water partition coefficient (Wildman–Crippen LogP) is 4.45. The molecule has 0 aromatic heterocycles. The zero-order valence-corrected chi connectivity index (χ0v) is 14.9. The average molecular weight is 323 g/mol. The zero-order chi connectivity index (χ0) is 15.4. The zero-order valence-electron chi connectivity index (χ0n) is 13.3. The first kappa shape index (κ1) is 16.6. The fourth-order valence-electron chi connectivity index (χ4n) is 3.39. The summed E-state index contributed by atoms with van der Waals surface area (Å²) >= 11 is 7.15. The summed E-state index contributed by atoms with van der Waals surface area (Å²) in [6, 6.07) is 7.01. The van der Waals surface area contributed by atoms with Gasteiger partial charge in [-0.2, -0.15) is 0 Å². The first-order valence-corrected chi connectivity index (χ1v) is 9.24. The lowest BCUT2D eigenvalue weighted by Gasteiger charge is -2.38. The third kappa shape index (κ3) is 3.72. The van der Waals surface area contributed by atoms with Crippen LogP contribution < -0.4 is 10.6 Å². The maximum atomic E-state index is 6.04. The number of anilines is 1. The Kier molecular flexibility index (Phi) is 5.94. The van der Waals surface area contributed by atoms with E-state index in [1.54, 1.807) is 0 Å². The van der Waals surface area contributed by atoms with Gasteiger partial charge in [0.05, 0.1) is 0 Å². The highest BCUT2D eigenvalue weighted by Crippen LogP contribution is 2.35. The van der Waals surface area contributed by atoms with Gasteiger partial charge in [0.1, 0.15) is 4.99 Å². The van der Waals surface area contributed by atoms with Crippen molar-refractivity contribution in [3.63, 3.8) is 0 Å². The Bertz CT molecular complexity index is 502. The maximum Gasteiger partial charge on any atom is 0.107 e. The monoisotopic (exact) mass is 322 g/mol. The average Bonchev–Trinajstić information content (AvgIpc) is 2.47. The molecule has 0 spiro atoms. The summed E-state index contributed by atoms with van der Waals surface area (Å²) in [6.45, 7) is 4.53. The van der Waals surface area contributed by atoms with Gasteiger partial charge in [-0.15, -0.1) is 11.8 Å². The lowest BCUT2D eigenvalue weighted by Crippen LogP contribution is -2.40. The molecule has 21 heavy (non-hydrogen) atoms. The Morgan fingerprint density at radius 3 is 2.71 bits per heavy atom. The maximum absolute atomic E-state index is 6.04. The number of nitrogens with zero attached hydrogens (tertiary/aromatic N) is 1. The molecule has 2 atom stereocenters. The summed E-state index contributed by atoms with van der Waals surface area (Å²) in [5.41, 5.74) is 8.29. The molecule has 0 saturated heterocycles. The fourth-order valence-corrected chi connectivity index (χ4v) is 4.51.